The van der Waals surface area contributed by atoms with Crippen LogP contribution in [0.15, 0.2) is 0 Å². The van der Waals surface area contributed by atoms with Gasteiger partial charge in [-0.15, -0.1) is 0 Å². The standard InChI is InChI=1S/C11H21NO2S/c1-15-7-6-12-8-9-4-2-3-5-10(9)11(13)14/h9-10,12H,2-8H2,1H3,(H,13,14). The van der Waals surface area contributed by atoms with E-state index in [1.165, 1.54) is 6.42 Å². The van der Waals surface area contributed by atoms with Crippen LogP contribution in [0.2, 0.25) is 0 Å². The van der Waals surface area contributed by atoms with Crippen molar-refractivity contribution in [2.24, 2.45) is 11.8 Å². The molecule has 1 rings (SSSR count). The summed E-state index contributed by atoms with van der Waals surface area (Å²) in [6.07, 6.45) is 6.30. The molecular weight excluding hydrogens is 210 g/mol. The zero-order chi connectivity index (χ0) is 11.1. The molecule has 0 aromatic heterocycles. The molecule has 0 aromatic rings. The molecule has 1 fully saturated rings. The van der Waals surface area contributed by atoms with Crippen molar-refractivity contribution < 1.29 is 9.90 Å². The number of carbonyl (C=O) groups is 1. The van der Waals surface area contributed by atoms with E-state index in [4.69, 9.17) is 5.11 Å². The van der Waals surface area contributed by atoms with Crippen LogP contribution in [0.4, 0.5) is 0 Å². The van der Waals surface area contributed by atoms with Crippen molar-refractivity contribution >= 4 is 17.7 Å². The lowest BCUT2D eigenvalue weighted by Crippen LogP contribution is -2.35. The van der Waals surface area contributed by atoms with E-state index < -0.39 is 5.97 Å². The molecule has 1 aliphatic carbocycles. The summed E-state index contributed by atoms with van der Waals surface area (Å²) in [6, 6.07) is 0. The number of nitrogens with one attached hydrogen (secondary N) is 1. The molecule has 2 N–H and O–H groups in total. The molecule has 0 amide bonds. The molecule has 0 aromatic carbocycles. The van der Waals surface area contributed by atoms with E-state index >= 15 is 0 Å². The van der Waals surface area contributed by atoms with Crippen LogP contribution in [0.1, 0.15) is 25.7 Å². The Morgan fingerprint density at radius 2 is 2.20 bits per heavy atom. The van der Waals surface area contributed by atoms with Gasteiger partial charge in [-0.1, -0.05) is 12.8 Å². The average molecular weight is 231 g/mol. The molecule has 2 atom stereocenters. The third kappa shape index (κ3) is 4.43. The molecule has 0 aliphatic heterocycles. The van der Waals surface area contributed by atoms with Crippen LogP contribution in [0, 0.1) is 11.8 Å². The molecule has 0 radical (unpaired) electrons. The van der Waals surface area contributed by atoms with Crippen LogP contribution < -0.4 is 5.32 Å². The fourth-order valence-corrected chi connectivity index (χ4v) is 2.59. The molecule has 0 spiro atoms. The summed E-state index contributed by atoms with van der Waals surface area (Å²) in [5.74, 6) is 0.731. The van der Waals surface area contributed by atoms with Crippen LogP contribution >= 0.6 is 11.8 Å². The van der Waals surface area contributed by atoms with Gasteiger partial charge in [0.2, 0.25) is 0 Å². The number of carboxylic acids is 1. The van der Waals surface area contributed by atoms with Crippen molar-refractivity contribution in [1.82, 2.24) is 5.32 Å². The third-order valence-electron chi connectivity index (χ3n) is 3.12. The molecule has 0 heterocycles. The van der Waals surface area contributed by atoms with Gasteiger partial charge >= 0.3 is 5.97 Å². The van der Waals surface area contributed by atoms with Gasteiger partial charge in [0.1, 0.15) is 0 Å². The van der Waals surface area contributed by atoms with Crippen molar-refractivity contribution in [1.29, 1.82) is 0 Å². The van der Waals surface area contributed by atoms with Gasteiger partial charge in [-0.2, -0.15) is 11.8 Å². The smallest absolute Gasteiger partial charge is 0.306 e. The molecular formula is C11H21NO2S. The molecule has 2 unspecified atom stereocenters. The fourth-order valence-electron chi connectivity index (χ4n) is 2.24. The zero-order valence-corrected chi connectivity index (χ0v) is 10.2. The zero-order valence-electron chi connectivity index (χ0n) is 9.37. The van der Waals surface area contributed by atoms with Crippen molar-refractivity contribution in [2.75, 3.05) is 25.1 Å². The number of carboxylic acid groups (broad SMARTS) is 1. The maximum Gasteiger partial charge on any atom is 0.306 e. The van der Waals surface area contributed by atoms with E-state index in [1.54, 1.807) is 0 Å². The summed E-state index contributed by atoms with van der Waals surface area (Å²) in [6.45, 7) is 1.86. The van der Waals surface area contributed by atoms with Gasteiger partial charge in [0, 0.05) is 12.3 Å². The van der Waals surface area contributed by atoms with Crippen molar-refractivity contribution in [3.05, 3.63) is 0 Å². The molecule has 0 bridgehead atoms. The molecule has 3 nitrogen and oxygen atoms in total. The summed E-state index contributed by atoms with van der Waals surface area (Å²) in [4.78, 5) is 11.0. The highest BCUT2D eigenvalue weighted by Crippen LogP contribution is 2.29. The lowest BCUT2D eigenvalue weighted by atomic mass is 9.79. The largest absolute Gasteiger partial charge is 0.481 e. The molecule has 15 heavy (non-hydrogen) atoms. The Hall–Kier alpha value is -0.220. The lowest BCUT2D eigenvalue weighted by Gasteiger charge is -2.28. The minimum atomic E-state index is -0.605. The van der Waals surface area contributed by atoms with Crippen molar-refractivity contribution in [2.45, 2.75) is 25.7 Å². The highest BCUT2D eigenvalue weighted by Gasteiger charge is 2.29. The second kappa shape index (κ2) is 7.12. The van der Waals surface area contributed by atoms with E-state index in [-0.39, 0.29) is 5.92 Å². The van der Waals surface area contributed by atoms with Gasteiger partial charge < -0.3 is 10.4 Å². The molecule has 4 heteroatoms. The summed E-state index contributed by atoms with van der Waals surface area (Å²) in [7, 11) is 0. The lowest BCUT2D eigenvalue weighted by molar-refractivity contribution is -0.144. The van der Waals surface area contributed by atoms with E-state index in [0.717, 1.165) is 38.1 Å². The van der Waals surface area contributed by atoms with E-state index in [9.17, 15) is 4.79 Å². The first-order valence-corrected chi connectivity index (χ1v) is 7.07. The van der Waals surface area contributed by atoms with Gasteiger partial charge in [-0.05, 0) is 31.6 Å². The van der Waals surface area contributed by atoms with Gasteiger partial charge in [-0.3, -0.25) is 4.79 Å². The average Bonchev–Trinajstić information content (AvgIpc) is 2.25. The van der Waals surface area contributed by atoms with Crippen LogP contribution in [0.25, 0.3) is 0 Å². The molecule has 88 valence electrons. The summed E-state index contributed by atoms with van der Waals surface area (Å²) in [5, 5.41) is 12.4. The molecule has 0 saturated heterocycles. The predicted molar refractivity (Wildman–Crippen MR) is 64.3 cm³/mol. The normalized spacial score (nSPS) is 26.5. The Morgan fingerprint density at radius 3 is 2.87 bits per heavy atom. The second-order valence-electron chi connectivity index (χ2n) is 4.19. The van der Waals surface area contributed by atoms with Gasteiger partial charge in [0.25, 0.3) is 0 Å². The van der Waals surface area contributed by atoms with Crippen LogP contribution in [-0.4, -0.2) is 36.2 Å². The summed E-state index contributed by atoms with van der Waals surface area (Å²) in [5.41, 5.74) is 0. The maximum atomic E-state index is 11.0. The number of rotatable bonds is 6. The number of thioether (sulfide) groups is 1. The Kier molecular flexibility index (Phi) is 6.10. The maximum absolute atomic E-state index is 11.0. The van der Waals surface area contributed by atoms with Crippen LogP contribution in [0.5, 0.6) is 0 Å². The molecule has 1 saturated carbocycles. The first-order chi connectivity index (χ1) is 7.25. The Balaban J connectivity index is 2.26. The van der Waals surface area contributed by atoms with Crippen molar-refractivity contribution in [3.63, 3.8) is 0 Å². The van der Waals surface area contributed by atoms with E-state index in [1.807, 2.05) is 11.8 Å². The number of aliphatic carboxylic acids is 1. The predicted octanol–water partition coefficient (Wildman–Crippen LogP) is 1.83. The topological polar surface area (TPSA) is 49.3 Å². The highest BCUT2D eigenvalue weighted by atomic mass is 32.2. The Bertz CT molecular complexity index is 199. The van der Waals surface area contributed by atoms with Crippen molar-refractivity contribution in [3.8, 4) is 0 Å². The van der Waals surface area contributed by atoms with E-state index in [0.29, 0.717) is 5.92 Å². The SMILES string of the molecule is CSCCNCC1CCCCC1C(=O)O. The summed E-state index contributed by atoms with van der Waals surface area (Å²) >= 11 is 1.82. The van der Waals surface area contributed by atoms with Gasteiger partial charge in [-0.25, -0.2) is 0 Å². The first-order valence-electron chi connectivity index (χ1n) is 5.68. The third-order valence-corrected chi connectivity index (χ3v) is 3.73. The summed E-state index contributed by atoms with van der Waals surface area (Å²) < 4.78 is 0. The minimum Gasteiger partial charge on any atom is -0.481 e. The van der Waals surface area contributed by atoms with Crippen LogP contribution in [-0.2, 0) is 4.79 Å². The number of hydrogen-bond donors (Lipinski definition) is 2. The van der Waals surface area contributed by atoms with E-state index in [2.05, 4.69) is 11.6 Å². The fraction of sp³-hybridized carbons (Fsp3) is 0.909. The second-order valence-corrected chi connectivity index (χ2v) is 5.17. The first kappa shape index (κ1) is 12.8. The minimum absolute atomic E-state index is 0.111. The molecule has 1 aliphatic rings. The quantitative estimate of drug-likeness (QED) is 0.685. The Labute approximate surface area is 96.0 Å². The van der Waals surface area contributed by atoms with Gasteiger partial charge in [0.05, 0.1) is 5.92 Å². The Morgan fingerprint density at radius 1 is 1.47 bits per heavy atom. The van der Waals surface area contributed by atoms with Gasteiger partial charge in [0.15, 0.2) is 0 Å². The van der Waals surface area contributed by atoms with Crippen LogP contribution in [0.3, 0.4) is 0 Å². The highest BCUT2D eigenvalue weighted by molar-refractivity contribution is 7.98. The monoisotopic (exact) mass is 231 g/mol. The number of hydrogen-bond acceptors (Lipinski definition) is 3.